The number of ether oxygens (including phenoxy) is 1. The van der Waals surface area contributed by atoms with E-state index < -0.39 is 0 Å². The number of benzene rings is 1. The molecule has 1 unspecified atom stereocenters. The van der Waals surface area contributed by atoms with E-state index in [1.165, 1.54) is 11.3 Å². The molecule has 6 heteroatoms. The number of carbonyl (C=O) groups excluding carboxylic acids is 1. The van der Waals surface area contributed by atoms with Gasteiger partial charge in [-0.15, -0.1) is 11.3 Å². The van der Waals surface area contributed by atoms with Crippen LogP contribution < -0.4 is 0 Å². The minimum atomic E-state index is -0.183. The number of aryl methyl sites for hydroxylation is 1. The normalized spacial score (nSPS) is 20.8. The van der Waals surface area contributed by atoms with E-state index in [4.69, 9.17) is 4.74 Å². The Labute approximate surface area is 157 Å². The molecule has 0 aliphatic carbocycles. The van der Waals surface area contributed by atoms with Crippen LogP contribution in [0.25, 0.3) is 11.1 Å². The molecule has 1 aromatic heterocycles. The smallest absolute Gasteiger partial charge is 0.264 e. The van der Waals surface area contributed by atoms with Gasteiger partial charge >= 0.3 is 0 Å². The first kappa shape index (κ1) is 17.6. The summed E-state index contributed by atoms with van der Waals surface area (Å²) in [6, 6.07) is 7.50. The van der Waals surface area contributed by atoms with Crippen LogP contribution in [0.1, 0.15) is 22.2 Å². The van der Waals surface area contributed by atoms with E-state index in [0.717, 1.165) is 37.4 Å². The second-order valence-corrected chi connectivity index (χ2v) is 7.79. The monoisotopic (exact) mass is 374 g/mol. The maximum absolute atomic E-state index is 14.1. The van der Waals surface area contributed by atoms with Crippen LogP contribution in [0.15, 0.2) is 29.6 Å². The van der Waals surface area contributed by atoms with Crippen LogP contribution in [0, 0.1) is 5.82 Å². The number of hydrogen-bond donors (Lipinski definition) is 0. The van der Waals surface area contributed by atoms with E-state index in [0.29, 0.717) is 36.1 Å². The Balaban J connectivity index is 1.49. The van der Waals surface area contributed by atoms with Gasteiger partial charge in [0.05, 0.1) is 24.1 Å². The highest BCUT2D eigenvalue weighted by molar-refractivity contribution is 7.12. The molecule has 0 N–H and O–H groups in total. The first-order valence-corrected chi connectivity index (χ1v) is 10.0. The average molecular weight is 374 g/mol. The summed E-state index contributed by atoms with van der Waals surface area (Å²) in [5, 5.41) is 1.94. The van der Waals surface area contributed by atoms with Gasteiger partial charge in [0.15, 0.2) is 0 Å². The number of halogens is 1. The molecule has 0 saturated carbocycles. The molecule has 0 radical (unpaired) electrons. The first-order valence-electron chi connectivity index (χ1n) is 9.14. The number of morpholine rings is 1. The van der Waals surface area contributed by atoms with Crippen molar-refractivity contribution < 1.29 is 13.9 Å². The summed E-state index contributed by atoms with van der Waals surface area (Å²) in [4.78, 5) is 17.9. The van der Waals surface area contributed by atoms with Crippen LogP contribution in [0.3, 0.4) is 0 Å². The molecule has 26 heavy (non-hydrogen) atoms. The maximum Gasteiger partial charge on any atom is 0.264 e. The topological polar surface area (TPSA) is 32.8 Å². The Morgan fingerprint density at radius 3 is 2.96 bits per heavy atom. The SMILES string of the molecule is CCc1ccc(-c2csc(C(=O)N3CCN4CCOCC4C3)c2)cc1F. The minimum absolute atomic E-state index is 0.0668. The molecule has 2 saturated heterocycles. The number of thiophene rings is 1. The Kier molecular flexibility index (Phi) is 5.07. The van der Waals surface area contributed by atoms with Crippen LogP contribution in [0.2, 0.25) is 0 Å². The molecule has 2 aromatic rings. The molecule has 2 fully saturated rings. The van der Waals surface area contributed by atoms with E-state index in [1.54, 1.807) is 6.07 Å². The molecule has 2 aliphatic heterocycles. The lowest BCUT2D eigenvalue weighted by Gasteiger charge is -2.43. The van der Waals surface area contributed by atoms with E-state index in [2.05, 4.69) is 4.90 Å². The van der Waals surface area contributed by atoms with E-state index >= 15 is 0 Å². The van der Waals surface area contributed by atoms with Crippen molar-refractivity contribution in [1.29, 1.82) is 0 Å². The predicted molar refractivity (Wildman–Crippen MR) is 101 cm³/mol. The quantitative estimate of drug-likeness (QED) is 0.827. The van der Waals surface area contributed by atoms with Gasteiger partial charge in [0.25, 0.3) is 5.91 Å². The van der Waals surface area contributed by atoms with Crippen molar-refractivity contribution in [3.05, 3.63) is 45.9 Å². The Morgan fingerprint density at radius 2 is 2.15 bits per heavy atom. The zero-order valence-corrected chi connectivity index (χ0v) is 15.7. The van der Waals surface area contributed by atoms with E-state index in [-0.39, 0.29) is 11.7 Å². The molecular formula is C20H23FN2O2S. The largest absolute Gasteiger partial charge is 0.378 e. The van der Waals surface area contributed by atoms with Crippen molar-refractivity contribution in [2.75, 3.05) is 39.4 Å². The summed E-state index contributed by atoms with van der Waals surface area (Å²) < 4.78 is 19.6. The highest BCUT2D eigenvalue weighted by Crippen LogP contribution is 2.28. The second kappa shape index (κ2) is 7.47. The third-order valence-electron chi connectivity index (χ3n) is 5.30. The summed E-state index contributed by atoms with van der Waals surface area (Å²) in [6.45, 7) is 6.75. The maximum atomic E-state index is 14.1. The van der Waals surface area contributed by atoms with E-state index in [9.17, 15) is 9.18 Å². The van der Waals surface area contributed by atoms with Gasteiger partial charge in [-0.2, -0.15) is 0 Å². The van der Waals surface area contributed by atoms with Crippen molar-refractivity contribution >= 4 is 17.2 Å². The summed E-state index contributed by atoms with van der Waals surface area (Å²) in [5.74, 6) is -0.116. The first-order chi connectivity index (χ1) is 12.7. The fourth-order valence-electron chi connectivity index (χ4n) is 3.70. The van der Waals surface area contributed by atoms with Gasteiger partial charge in [-0.05, 0) is 40.6 Å². The number of nitrogens with zero attached hydrogens (tertiary/aromatic N) is 2. The van der Waals surface area contributed by atoms with Gasteiger partial charge in [0.1, 0.15) is 5.82 Å². The molecule has 4 nitrogen and oxygen atoms in total. The number of fused-ring (bicyclic) bond motifs is 1. The lowest BCUT2D eigenvalue weighted by atomic mass is 10.0. The molecule has 138 valence electrons. The number of amides is 1. The molecule has 1 atom stereocenters. The molecule has 1 amide bonds. The summed E-state index contributed by atoms with van der Waals surface area (Å²) in [7, 11) is 0. The Hall–Kier alpha value is -1.76. The van der Waals surface area contributed by atoms with Crippen molar-refractivity contribution in [3.8, 4) is 11.1 Å². The van der Waals surface area contributed by atoms with Gasteiger partial charge in [0, 0.05) is 26.2 Å². The molecular weight excluding hydrogens is 351 g/mol. The lowest BCUT2D eigenvalue weighted by Crippen LogP contribution is -2.59. The highest BCUT2D eigenvalue weighted by atomic mass is 32.1. The van der Waals surface area contributed by atoms with Crippen molar-refractivity contribution in [2.45, 2.75) is 19.4 Å². The number of piperazine rings is 1. The predicted octanol–water partition coefficient (Wildman–Crippen LogP) is 3.27. The fraction of sp³-hybridized carbons (Fsp3) is 0.450. The summed E-state index contributed by atoms with van der Waals surface area (Å²) >= 11 is 1.43. The lowest BCUT2D eigenvalue weighted by molar-refractivity contribution is -0.0394. The molecule has 2 aliphatic rings. The van der Waals surface area contributed by atoms with Crippen LogP contribution >= 0.6 is 11.3 Å². The highest BCUT2D eigenvalue weighted by Gasteiger charge is 2.32. The second-order valence-electron chi connectivity index (χ2n) is 6.88. The number of carbonyl (C=O) groups is 1. The summed E-state index contributed by atoms with van der Waals surface area (Å²) in [6.07, 6.45) is 0.677. The zero-order chi connectivity index (χ0) is 18.1. The van der Waals surface area contributed by atoms with Crippen LogP contribution in [0.5, 0.6) is 0 Å². The van der Waals surface area contributed by atoms with Gasteiger partial charge in [0.2, 0.25) is 0 Å². The van der Waals surface area contributed by atoms with Gasteiger partial charge in [-0.1, -0.05) is 19.1 Å². The van der Waals surface area contributed by atoms with Gasteiger partial charge in [-0.3, -0.25) is 9.69 Å². The van der Waals surface area contributed by atoms with Crippen LogP contribution in [-0.4, -0.2) is 61.1 Å². The van der Waals surface area contributed by atoms with E-state index in [1.807, 2.05) is 35.4 Å². The Bertz CT molecular complexity index is 807. The third kappa shape index (κ3) is 3.41. The van der Waals surface area contributed by atoms with Gasteiger partial charge < -0.3 is 9.64 Å². The minimum Gasteiger partial charge on any atom is -0.378 e. The molecule has 4 rings (SSSR count). The third-order valence-corrected chi connectivity index (χ3v) is 6.22. The molecule has 3 heterocycles. The average Bonchev–Trinajstić information content (AvgIpc) is 3.17. The standard InChI is InChI=1S/C20H23FN2O2S/c1-2-14-3-4-15(9-18(14)21)16-10-19(26-13-16)20(24)23-6-5-22-7-8-25-12-17(22)11-23/h3-4,9-10,13,17H,2,5-8,11-12H2,1H3. The van der Waals surface area contributed by atoms with Gasteiger partial charge in [-0.25, -0.2) is 4.39 Å². The molecule has 0 bridgehead atoms. The molecule has 1 aromatic carbocycles. The van der Waals surface area contributed by atoms with Crippen LogP contribution in [-0.2, 0) is 11.2 Å². The Morgan fingerprint density at radius 1 is 1.27 bits per heavy atom. The number of rotatable bonds is 3. The number of hydrogen-bond acceptors (Lipinski definition) is 4. The fourth-order valence-corrected chi connectivity index (χ4v) is 4.58. The van der Waals surface area contributed by atoms with Crippen molar-refractivity contribution in [2.24, 2.45) is 0 Å². The zero-order valence-electron chi connectivity index (χ0n) is 14.9. The summed E-state index contributed by atoms with van der Waals surface area (Å²) in [5.41, 5.74) is 2.44. The van der Waals surface area contributed by atoms with Crippen molar-refractivity contribution in [1.82, 2.24) is 9.80 Å². The molecule has 0 spiro atoms. The van der Waals surface area contributed by atoms with Crippen molar-refractivity contribution in [3.63, 3.8) is 0 Å². The van der Waals surface area contributed by atoms with Crippen LogP contribution in [0.4, 0.5) is 4.39 Å².